The van der Waals surface area contributed by atoms with E-state index < -0.39 is 51.8 Å². The molecule has 1 saturated carbocycles. The van der Waals surface area contributed by atoms with Gasteiger partial charge < -0.3 is 21.3 Å². The molecule has 4 amide bonds. The summed E-state index contributed by atoms with van der Waals surface area (Å²) in [6.45, 7) is 4.86. The molecule has 5 N–H and O–H groups in total. The van der Waals surface area contributed by atoms with Crippen LogP contribution in [0.3, 0.4) is 0 Å². The van der Waals surface area contributed by atoms with Gasteiger partial charge in [-0.1, -0.05) is 44.9 Å². The molecule has 1 aromatic rings. The number of nitrogens with zero attached hydrogens (tertiary/aromatic N) is 1. The van der Waals surface area contributed by atoms with Crippen molar-refractivity contribution in [2.75, 3.05) is 13.1 Å². The standard InChI is InChI=1S/C27H37N5O6S/c1-27(2)18-14-32-22(21(18)27)25(35)30-20(23(28)33)12-17-15(13-29-24(17)34)8-6-7-11-19(26(32)36)31-39(37,38)16-9-4-3-5-10-16/h3-5,9-10,15,17-22,31H,6-8,11-14H2,1-2H3,(H2,28,33)(H,29,34)(H,30,35)/t15-,17-,18-,19-,20-,21-,22-/m0/s1. The van der Waals surface area contributed by atoms with Crippen molar-refractivity contribution in [1.29, 1.82) is 0 Å². The number of hydrogen-bond acceptors (Lipinski definition) is 6. The number of sulfonamides is 1. The van der Waals surface area contributed by atoms with Gasteiger partial charge in [-0.15, -0.1) is 0 Å². The van der Waals surface area contributed by atoms with E-state index in [-0.39, 0.29) is 46.8 Å². The zero-order valence-electron chi connectivity index (χ0n) is 22.3. The van der Waals surface area contributed by atoms with E-state index in [4.69, 9.17) is 5.73 Å². The molecule has 212 valence electrons. The van der Waals surface area contributed by atoms with Crippen LogP contribution in [0.2, 0.25) is 0 Å². The third kappa shape index (κ3) is 5.16. The molecule has 5 rings (SSSR count). The lowest BCUT2D eigenvalue weighted by molar-refractivity contribution is -0.142. The number of carbonyl (C=O) groups is 4. The molecule has 1 aromatic carbocycles. The highest BCUT2D eigenvalue weighted by atomic mass is 32.2. The molecule has 3 aliphatic heterocycles. The first-order valence-corrected chi connectivity index (χ1v) is 15.2. The van der Waals surface area contributed by atoms with Crippen LogP contribution in [0.5, 0.6) is 0 Å². The zero-order valence-corrected chi connectivity index (χ0v) is 23.1. The number of nitrogens with one attached hydrogen (secondary N) is 3. The van der Waals surface area contributed by atoms with Crippen LogP contribution >= 0.6 is 0 Å². The van der Waals surface area contributed by atoms with Gasteiger partial charge in [0.1, 0.15) is 18.1 Å². The maximum atomic E-state index is 13.9. The summed E-state index contributed by atoms with van der Waals surface area (Å²) in [5, 5.41) is 5.61. The van der Waals surface area contributed by atoms with Gasteiger partial charge >= 0.3 is 0 Å². The van der Waals surface area contributed by atoms with Gasteiger partial charge in [-0.05, 0) is 54.6 Å². The smallest absolute Gasteiger partial charge is 0.243 e. The summed E-state index contributed by atoms with van der Waals surface area (Å²) in [5.41, 5.74) is 5.48. The maximum absolute atomic E-state index is 13.9. The van der Waals surface area contributed by atoms with Crippen molar-refractivity contribution in [1.82, 2.24) is 20.3 Å². The van der Waals surface area contributed by atoms with Crippen molar-refractivity contribution >= 4 is 33.7 Å². The highest BCUT2D eigenvalue weighted by Gasteiger charge is 2.69. The van der Waals surface area contributed by atoms with E-state index in [1.165, 1.54) is 17.0 Å². The van der Waals surface area contributed by atoms with Gasteiger partial charge in [-0.25, -0.2) is 8.42 Å². The molecule has 0 spiro atoms. The molecule has 0 unspecified atom stereocenters. The molecule has 39 heavy (non-hydrogen) atoms. The van der Waals surface area contributed by atoms with Gasteiger partial charge in [0.25, 0.3) is 0 Å². The maximum Gasteiger partial charge on any atom is 0.243 e. The quantitative estimate of drug-likeness (QED) is 0.408. The summed E-state index contributed by atoms with van der Waals surface area (Å²) in [5.74, 6) is -2.41. The summed E-state index contributed by atoms with van der Waals surface area (Å²) in [6.07, 6.45) is 2.24. The Morgan fingerprint density at radius 1 is 1.08 bits per heavy atom. The van der Waals surface area contributed by atoms with Crippen molar-refractivity contribution in [2.24, 2.45) is 34.8 Å². The van der Waals surface area contributed by atoms with Crippen molar-refractivity contribution in [3.05, 3.63) is 30.3 Å². The fourth-order valence-electron chi connectivity index (χ4n) is 6.94. The number of amides is 4. The summed E-state index contributed by atoms with van der Waals surface area (Å²) in [6, 6.07) is 4.90. The molecule has 0 radical (unpaired) electrons. The molecule has 1 aliphatic carbocycles. The van der Waals surface area contributed by atoms with Crippen LogP contribution in [0.4, 0.5) is 0 Å². The first-order valence-electron chi connectivity index (χ1n) is 13.7. The predicted molar refractivity (Wildman–Crippen MR) is 141 cm³/mol. The third-order valence-electron chi connectivity index (χ3n) is 9.32. The van der Waals surface area contributed by atoms with E-state index >= 15 is 0 Å². The second kappa shape index (κ2) is 10.2. The third-order valence-corrected chi connectivity index (χ3v) is 10.8. The van der Waals surface area contributed by atoms with E-state index in [2.05, 4.69) is 15.4 Å². The van der Waals surface area contributed by atoms with Gasteiger partial charge in [0.05, 0.1) is 4.90 Å². The van der Waals surface area contributed by atoms with E-state index in [9.17, 15) is 27.6 Å². The van der Waals surface area contributed by atoms with E-state index in [0.717, 1.165) is 0 Å². The molecule has 7 atom stereocenters. The Morgan fingerprint density at radius 2 is 1.77 bits per heavy atom. The molecule has 4 fully saturated rings. The molecule has 3 heterocycles. The van der Waals surface area contributed by atoms with Gasteiger partial charge in [-0.3, -0.25) is 19.2 Å². The molecule has 0 aromatic heterocycles. The number of carbonyl (C=O) groups excluding carboxylic acids is 4. The SMILES string of the molecule is CC1(C)[C@@H]2[C@H]3C(=O)N[C@H](C(N)=O)C[C@@H]4C(=O)NC[C@@H]4CCCC[C@H](NS(=O)(=O)c4ccccc4)C(=O)N3C[C@@H]21. The number of hydrogen-bond donors (Lipinski definition) is 4. The highest BCUT2D eigenvalue weighted by molar-refractivity contribution is 7.89. The Kier molecular flexibility index (Phi) is 7.21. The number of nitrogens with two attached hydrogens (primary N) is 1. The average Bonchev–Trinajstić information content (AvgIpc) is 3.20. The van der Waals surface area contributed by atoms with Gasteiger partial charge in [0.2, 0.25) is 33.7 Å². The minimum absolute atomic E-state index is 0.0518. The summed E-state index contributed by atoms with van der Waals surface area (Å²) < 4.78 is 29.0. The van der Waals surface area contributed by atoms with E-state index in [1.54, 1.807) is 18.2 Å². The first-order chi connectivity index (χ1) is 18.4. The van der Waals surface area contributed by atoms with Crippen LogP contribution in [0.1, 0.15) is 46.0 Å². The molecule has 4 aliphatic rings. The highest BCUT2D eigenvalue weighted by Crippen LogP contribution is 2.65. The van der Waals surface area contributed by atoms with Crippen molar-refractivity contribution in [3.8, 4) is 0 Å². The number of benzene rings is 1. The fourth-order valence-corrected chi connectivity index (χ4v) is 8.18. The Labute approximate surface area is 228 Å². The van der Waals surface area contributed by atoms with Crippen molar-refractivity contribution in [3.63, 3.8) is 0 Å². The summed E-state index contributed by atoms with van der Waals surface area (Å²) in [7, 11) is -3.99. The molecule has 0 bridgehead atoms. The van der Waals surface area contributed by atoms with Gasteiger partial charge in [0.15, 0.2) is 0 Å². The number of fused-ring (bicyclic) bond motifs is 4. The monoisotopic (exact) mass is 559 g/mol. The second-order valence-corrected chi connectivity index (χ2v) is 13.7. The topological polar surface area (TPSA) is 168 Å². The van der Waals surface area contributed by atoms with Crippen LogP contribution in [0.25, 0.3) is 0 Å². The normalized spacial score (nSPS) is 34.7. The lowest BCUT2D eigenvalue weighted by Gasteiger charge is -2.34. The van der Waals surface area contributed by atoms with E-state index in [0.29, 0.717) is 32.4 Å². The van der Waals surface area contributed by atoms with Gasteiger partial charge in [-0.2, -0.15) is 4.72 Å². The molecular weight excluding hydrogens is 522 g/mol. The number of piperidine rings is 1. The van der Waals surface area contributed by atoms with Crippen molar-refractivity contribution in [2.45, 2.75) is 69.0 Å². The minimum atomic E-state index is -3.99. The average molecular weight is 560 g/mol. The van der Waals surface area contributed by atoms with Crippen LogP contribution < -0.4 is 21.1 Å². The largest absolute Gasteiger partial charge is 0.368 e. The second-order valence-electron chi connectivity index (χ2n) is 12.0. The van der Waals surface area contributed by atoms with Crippen molar-refractivity contribution < 1.29 is 27.6 Å². The van der Waals surface area contributed by atoms with Crippen LogP contribution in [0, 0.1) is 29.1 Å². The lowest BCUT2D eigenvalue weighted by atomic mass is 9.85. The molecule has 3 saturated heterocycles. The number of primary amides is 1. The predicted octanol–water partition coefficient (Wildman–Crippen LogP) is 0.113. The van der Waals surface area contributed by atoms with Crippen LogP contribution in [0.15, 0.2) is 35.2 Å². The number of rotatable bonds is 4. The van der Waals surface area contributed by atoms with Crippen LogP contribution in [-0.4, -0.2) is 68.2 Å². The lowest BCUT2D eigenvalue weighted by Crippen LogP contribution is -2.58. The fraction of sp³-hybridized carbons (Fsp3) is 0.630. The zero-order chi connectivity index (χ0) is 28.1. The Bertz CT molecular complexity index is 1270. The Balaban J connectivity index is 1.47. The Hall–Kier alpha value is -2.99. The van der Waals surface area contributed by atoms with Gasteiger partial charge in [0, 0.05) is 19.0 Å². The summed E-state index contributed by atoms with van der Waals surface area (Å²) >= 11 is 0. The molecule has 12 heteroatoms. The minimum Gasteiger partial charge on any atom is -0.368 e. The van der Waals surface area contributed by atoms with E-state index in [1.807, 2.05) is 13.8 Å². The Morgan fingerprint density at radius 3 is 2.46 bits per heavy atom. The molecular formula is C27H37N5O6S. The first kappa shape index (κ1) is 27.6. The van der Waals surface area contributed by atoms with Crippen LogP contribution in [-0.2, 0) is 29.2 Å². The molecule has 11 nitrogen and oxygen atoms in total. The summed E-state index contributed by atoms with van der Waals surface area (Å²) in [4.78, 5) is 54.1.